The van der Waals surface area contributed by atoms with Crippen molar-refractivity contribution >= 4 is 26.7 Å². The molecular formula is C11H15BrN2OS. The first-order valence-electron chi connectivity index (χ1n) is 5.50. The van der Waals surface area contributed by atoms with Gasteiger partial charge in [0.2, 0.25) is 0 Å². The molecule has 88 valence electrons. The van der Waals surface area contributed by atoms with E-state index in [0.717, 1.165) is 17.6 Å². The van der Waals surface area contributed by atoms with Gasteiger partial charge in [-0.15, -0.1) is 0 Å². The van der Waals surface area contributed by atoms with Crippen LogP contribution < -0.4 is 5.32 Å². The van der Waals surface area contributed by atoms with Crippen LogP contribution in [0.2, 0.25) is 0 Å². The maximum Gasteiger partial charge on any atom is 0.128 e. The number of nitrogens with one attached hydrogen (secondary N) is 1. The van der Waals surface area contributed by atoms with Gasteiger partial charge in [-0.3, -0.25) is 4.21 Å². The van der Waals surface area contributed by atoms with E-state index < -0.39 is 10.8 Å². The van der Waals surface area contributed by atoms with E-state index in [4.69, 9.17) is 0 Å². The van der Waals surface area contributed by atoms with Crippen LogP contribution in [0.5, 0.6) is 0 Å². The summed E-state index contributed by atoms with van der Waals surface area (Å²) in [6, 6.07) is 5.93. The third-order valence-electron chi connectivity index (χ3n) is 2.69. The minimum atomic E-state index is -0.995. The van der Waals surface area contributed by atoms with E-state index in [0.29, 0.717) is 16.8 Å². The SMILES string of the molecule is O=[S@@](C[C@@H]1CCCCN1)c1cccc(Br)n1. The summed E-state index contributed by atoms with van der Waals surface area (Å²) in [5, 5.41) is 4.07. The summed E-state index contributed by atoms with van der Waals surface area (Å²) in [5.74, 6) is 0.670. The Balaban J connectivity index is 1.97. The Morgan fingerprint density at radius 3 is 3.06 bits per heavy atom. The summed E-state index contributed by atoms with van der Waals surface area (Å²) in [6.07, 6.45) is 3.60. The predicted octanol–water partition coefficient (Wildman–Crippen LogP) is 2.09. The van der Waals surface area contributed by atoms with Gasteiger partial charge in [-0.1, -0.05) is 12.5 Å². The Bertz CT molecular complexity index is 380. The highest BCUT2D eigenvalue weighted by Crippen LogP contribution is 2.13. The normalized spacial score (nSPS) is 22.9. The van der Waals surface area contributed by atoms with Gasteiger partial charge in [0.25, 0.3) is 0 Å². The number of piperidine rings is 1. The van der Waals surface area contributed by atoms with Crippen molar-refractivity contribution in [3.63, 3.8) is 0 Å². The fourth-order valence-corrected chi connectivity index (χ4v) is 3.56. The first-order chi connectivity index (χ1) is 7.75. The highest BCUT2D eigenvalue weighted by atomic mass is 79.9. The molecule has 3 nitrogen and oxygen atoms in total. The van der Waals surface area contributed by atoms with Gasteiger partial charge in [-0.05, 0) is 47.4 Å². The molecular weight excluding hydrogens is 288 g/mol. The number of hydrogen-bond acceptors (Lipinski definition) is 3. The third-order valence-corrected chi connectivity index (χ3v) is 4.53. The lowest BCUT2D eigenvalue weighted by molar-refractivity contribution is 0.427. The van der Waals surface area contributed by atoms with Gasteiger partial charge in [0.1, 0.15) is 9.63 Å². The van der Waals surface area contributed by atoms with E-state index in [1.807, 2.05) is 18.2 Å². The predicted molar refractivity (Wildman–Crippen MR) is 68.9 cm³/mol. The quantitative estimate of drug-likeness (QED) is 0.870. The molecule has 2 atom stereocenters. The van der Waals surface area contributed by atoms with Crippen molar-refractivity contribution in [3.8, 4) is 0 Å². The Morgan fingerprint density at radius 2 is 2.38 bits per heavy atom. The molecule has 0 bridgehead atoms. The van der Waals surface area contributed by atoms with Crippen LogP contribution in [0.25, 0.3) is 0 Å². The number of halogens is 1. The molecule has 0 aliphatic carbocycles. The van der Waals surface area contributed by atoms with Crippen LogP contribution in [0.3, 0.4) is 0 Å². The molecule has 1 N–H and O–H groups in total. The van der Waals surface area contributed by atoms with Gasteiger partial charge in [0, 0.05) is 11.8 Å². The summed E-state index contributed by atoms with van der Waals surface area (Å²) in [5.41, 5.74) is 0. The van der Waals surface area contributed by atoms with Gasteiger partial charge in [0.15, 0.2) is 0 Å². The maximum atomic E-state index is 12.1. The zero-order valence-electron chi connectivity index (χ0n) is 8.99. The molecule has 1 saturated heterocycles. The molecule has 0 spiro atoms. The molecule has 16 heavy (non-hydrogen) atoms. The van der Waals surface area contributed by atoms with Crippen LogP contribution >= 0.6 is 15.9 Å². The molecule has 5 heteroatoms. The number of rotatable bonds is 3. The van der Waals surface area contributed by atoms with Crippen molar-refractivity contribution in [1.82, 2.24) is 10.3 Å². The highest BCUT2D eigenvalue weighted by molar-refractivity contribution is 9.10. The number of aromatic nitrogens is 1. The highest BCUT2D eigenvalue weighted by Gasteiger charge is 2.17. The minimum Gasteiger partial charge on any atom is -0.313 e. The molecule has 0 aromatic carbocycles. The van der Waals surface area contributed by atoms with E-state index in [9.17, 15) is 4.21 Å². The largest absolute Gasteiger partial charge is 0.313 e. The average molecular weight is 303 g/mol. The average Bonchev–Trinajstić information content (AvgIpc) is 2.30. The molecule has 1 aromatic heterocycles. The molecule has 2 heterocycles. The van der Waals surface area contributed by atoms with Crippen LogP contribution in [0.1, 0.15) is 19.3 Å². The summed E-state index contributed by atoms with van der Waals surface area (Å²) < 4.78 is 12.8. The van der Waals surface area contributed by atoms with Gasteiger partial charge < -0.3 is 5.32 Å². The third kappa shape index (κ3) is 3.37. The second kappa shape index (κ2) is 5.89. The molecule has 0 saturated carbocycles. The van der Waals surface area contributed by atoms with Gasteiger partial charge in [0.05, 0.1) is 10.8 Å². The summed E-state index contributed by atoms with van der Waals surface area (Å²) in [6.45, 7) is 1.05. The molecule has 0 amide bonds. The molecule has 2 rings (SSSR count). The van der Waals surface area contributed by atoms with E-state index in [2.05, 4.69) is 26.2 Å². The van der Waals surface area contributed by atoms with Crippen molar-refractivity contribution in [2.24, 2.45) is 0 Å². The molecule has 0 radical (unpaired) electrons. The lowest BCUT2D eigenvalue weighted by atomic mass is 10.1. The maximum absolute atomic E-state index is 12.1. The van der Waals surface area contributed by atoms with E-state index in [1.165, 1.54) is 12.8 Å². The summed E-state index contributed by atoms with van der Waals surface area (Å²) in [4.78, 5) is 4.23. The fourth-order valence-electron chi connectivity index (χ4n) is 1.85. The Hall–Kier alpha value is -0.260. The smallest absolute Gasteiger partial charge is 0.128 e. The van der Waals surface area contributed by atoms with E-state index in [-0.39, 0.29) is 0 Å². The number of pyridine rings is 1. The second-order valence-electron chi connectivity index (χ2n) is 3.96. The fraction of sp³-hybridized carbons (Fsp3) is 0.545. The Labute approximate surface area is 107 Å². The first kappa shape index (κ1) is 12.2. The molecule has 1 aliphatic heterocycles. The van der Waals surface area contributed by atoms with Crippen molar-refractivity contribution in [2.75, 3.05) is 12.3 Å². The zero-order valence-corrected chi connectivity index (χ0v) is 11.4. The van der Waals surface area contributed by atoms with Crippen LogP contribution in [-0.2, 0) is 10.8 Å². The van der Waals surface area contributed by atoms with Crippen LogP contribution in [0.15, 0.2) is 27.8 Å². The standard InChI is InChI=1S/C11H15BrN2OS/c12-10-5-3-6-11(14-10)16(15)8-9-4-1-2-7-13-9/h3,5-6,9,13H,1-2,4,7-8H2/t9-,16-/m0/s1. The molecule has 0 unspecified atom stereocenters. The van der Waals surface area contributed by atoms with E-state index >= 15 is 0 Å². The van der Waals surface area contributed by atoms with Crippen LogP contribution in [-0.4, -0.2) is 27.5 Å². The van der Waals surface area contributed by atoms with Crippen molar-refractivity contribution in [2.45, 2.75) is 30.3 Å². The number of hydrogen-bond donors (Lipinski definition) is 1. The molecule has 1 fully saturated rings. The number of nitrogens with zero attached hydrogens (tertiary/aromatic N) is 1. The Morgan fingerprint density at radius 1 is 1.50 bits per heavy atom. The topological polar surface area (TPSA) is 42.0 Å². The van der Waals surface area contributed by atoms with E-state index in [1.54, 1.807) is 0 Å². The lowest BCUT2D eigenvalue weighted by Crippen LogP contribution is -2.38. The van der Waals surface area contributed by atoms with Crippen LogP contribution in [0, 0.1) is 0 Å². The van der Waals surface area contributed by atoms with Crippen molar-refractivity contribution in [1.29, 1.82) is 0 Å². The van der Waals surface area contributed by atoms with Gasteiger partial charge in [-0.2, -0.15) is 0 Å². The minimum absolute atomic E-state index is 0.385. The van der Waals surface area contributed by atoms with Gasteiger partial charge in [-0.25, -0.2) is 4.98 Å². The lowest BCUT2D eigenvalue weighted by Gasteiger charge is -2.22. The summed E-state index contributed by atoms with van der Waals surface area (Å²) in [7, 11) is -0.995. The van der Waals surface area contributed by atoms with Crippen molar-refractivity contribution < 1.29 is 4.21 Å². The van der Waals surface area contributed by atoms with Crippen molar-refractivity contribution in [3.05, 3.63) is 22.8 Å². The monoisotopic (exact) mass is 302 g/mol. The van der Waals surface area contributed by atoms with Gasteiger partial charge >= 0.3 is 0 Å². The summed E-state index contributed by atoms with van der Waals surface area (Å²) >= 11 is 3.29. The second-order valence-corrected chi connectivity index (χ2v) is 6.21. The Kier molecular flexibility index (Phi) is 4.49. The molecule has 1 aromatic rings. The first-order valence-corrected chi connectivity index (χ1v) is 7.61. The zero-order chi connectivity index (χ0) is 11.4. The van der Waals surface area contributed by atoms with Crippen LogP contribution in [0.4, 0.5) is 0 Å². The molecule has 1 aliphatic rings.